The van der Waals surface area contributed by atoms with E-state index in [4.69, 9.17) is 9.47 Å². The summed E-state index contributed by atoms with van der Waals surface area (Å²) >= 11 is 0. The fourth-order valence-electron chi connectivity index (χ4n) is 5.06. The van der Waals surface area contributed by atoms with Gasteiger partial charge in [-0.1, -0.05) is 30.7 Å². The van der Waals surface area contributed by atoms with Gasteiger partial charge in [-0.3, -0.25) is 9.80 Å². The van der Waals surface area contributed by atoms with Crippen LogP contribution in [0.3, 0.4) is 0 Å². The number of rotatable bonds is 2. The Morgan fingerprint density at radius 1 is 0.750 bits per heavy atom. The van der Waals surface area contributed by atoms with Crippen molar-refractivity contribution < 1.29 is 9.47 Å². The van der Waals surface area contributed by atoms with E-state index in [0.717, 1.165) is 24.6 Å². The minimum atomic E-state index is 0.645. The molecule has 1 aliphatic carbocycles. The molecule has 4 nitrogen and oxygen atoms in total. The predicted octanol–water partition coefficient (Wildman–Crippen LogP) is 4.69. The third kappa shape index (κ3) is 3.51. The van der Waals surface area contributed by atoms with Gasteiger partial charge in [0, 0.05) is 24.2 Å². The van der Waals surface area contributed by atoms with Gasteiger partial charge in [-0.05, 0) is 68.5 Å². The summed E-state index contributed by atoms with van der Waals surface area (Å²) in [5.41, 5.74) is 5.65. The van der Waals surface area contributed by atoms with Crippen LogP contribution >= 0.6 is 0 Å². The van der Waals surface area contributed by atoms with E-state index >= 15 is 0 Å². The van der Waals surface area contributed by atoms with Crippen LogP contribution in [0.25, 0.3) is 0 Å². The summed E-state index contributed by atoms with van der Waals surface area (Å²) in [5.74, 6) is 3.42. The standard InChI is InChI=1S/C24H30N2O2/c1-25-13-21-11-19(6-8-23(21)27-15-25)17-4-3-5-18(10-17)20-7-9-24-22(12-20)14-26(2)16-28-24/h6-9,11-12,17-18H,3-5,10,13-16H2,1-2H3. The highest BCUT2D eigenvalue weighted by Crippen LogP contribution is 2.43. The molecule has 2 aliphatic heterocycles. The number of hydrogen-bond acceptors (Lipinski definition) is 4. The SMILES string of the molecule is CN1COc2ccc(C3CCCC(c4ccc5c(c4)CN(C)CO5)C3)cc2C1. The Bertz CT molecular complexity index is 796. The molecule has 0 spiro atoms. The number of fused-ring (bicyclic) bond motifs is 2. The summed E-state index contributed by atoms with van der Waals surface area (Å²) < 4.78 is 11.7. The molecule has 2 unspecified atom stereocenters. The van der Waals surface area contributed by atoms with E-state index in [9.17, 15) is 0 Å². The molecule has 1 fully saturated rings. The Morgan fingerprint density at radius 3 is 1.75 bits per heavy atom. The Hall–Kier alpha value is -2.04. The van der Waals surface area contributed by atoms with Crippen LogP contribution in [0.2, 0.25) is 0 Å². The molecule has 0 amide bonds. The summed E-state index contributed by atoms with van der Waals surface area (Å²) in [6, 6.07) is 13.8. The van der Waals surface area contributed by atoms with Crippen LogP contribution in [-0.4, -0.2) is 37.4 Å². The third-order valence-electron chi connectivity index (χ3n) is 6.55. The first-order valence-electron chi connectivity index (χ1n) is 10.5. The smallest absolute Gasteiger partial charge is 0.142 e. The molecule has 2 atom stereocenters. The first-order chi connectivity index (χ1) is 13.7. The molecule has 2 aromatic carbocycles. The quantitative estimate of drug-likeness (QED) is 0.757. The van der Waals surface area contributed by atoms with Gasteiger partial charge in [0.2, 0.25) is 0 Å². The Balaban J connectivity index is 1.36. The van der Waals surface area contributed by atoms with Gasteiger partial charge in [-0.25, -0.2) is 0 Å². The van der Waals surface area contributed by atoms with Gasteiger partial charge in [0.05, 0.1) is 0 Å². The lowest BCUT2D eigenvalue weighted by molar-refractivity contribution is 0.121. The maximum atomic E-state index is 5.84. The lowest BCUT2D eigenvalue weighted by atomic mass is 9.75. The molecular formula is C24H30N2O2. The molecule has 2 heterocycles. The topological polar surface area (TPSA) is 24.9 Å². The van der Waals surface area contributed by atoms with Crippen molar-refractivity contribution in [3.8, 4) is 11.5 Å². The second-order valence-electron chi connectivity index (χ2n) is 8.87. The van der Waals surface area contributed by atoms with Crippen LogP contribution in [-0.2, 0) is 13.1 Å². The number of ether oxygens (including phenoxy) is 2. The van der Waals surface area contributed by atoms with Crippen molar-refractivity contribution in [1.82, 2.24) is 9.80 Å². The zero-order chi connectivity index (χ0) is 19.1. The normalized spacial score (nSPS) is 25.4. The Labute approximate surface area is 168 Å². The number of benzene rings is 2. The highest BCUT2D eigenvalue weighted by atomic mass is 16.5. The highest BCUT2D eigenvalue weighted by Gasteiger charge is 2.27. The Kier molecular flexibility index (Phi) is 4.77. The summed E-state index contributed by atoms with van der Waals surface area (Å²) in [4.78, 5) is 4.45. The summed E-state index contributed by atoms with van der Waals surface area (Å²) in [7, 11) is 4.23. The largest absolute Gasteiger partial charge is 0.478 e. The minimum Gasteiger partial charge on any atom is -0.478 e. The highest BCUT2D eigenvalue weighted by molar-refractivity contribution is 5.41. The first-order valence-corrected chi connectivity index (χ1v) is 10.5. The average Bonchev–Trinajstić information content (AvgIpc) is 2.72. The molecule has 0 bridgehead atoms. The van der Waals surface area contributed by atoms with E-state index in [0.29, 0.717) is 25.3 Å². The van der Waals surface area contributed by atoms with Gasteiger partial charge >= 0.3 is 0 Å². The number of nitrogens with zero attached hydrogens (tertiary/aromatic N) is 2. The zero-order valence-electron chi connectivity index (χ0n) is 17.0. The van der Waals surface area contributed by atoms with E-state index in [1.807, 2.05) is 0 Å². The van der Waals surface area contributed by atoms with Crippen molar-refractivity contribution in [2.24, 2.45) is 0 Å². The first kappa shape index (κ1) is 18.0. The van der Waals surface area contributed by atoms with Gasteiger partial charge < -0.3 is 9.47 Å². The molecular weight excluding hydrogens is 348 g/mol. The molecule has 2 aromatic rings. The van der Waals surface area contributed by atoms with E-state index in [-0.39, 0.29) is 0 Å². The second kappa shape index (κ2) is 7.41. The zero-order valence-corrected chi connectivity index (χ0v) is 17.0. The van der Waals surface area contributed by atoms with Gasteiger partial charge in [0.1, 0.15) is 25.0 Å². The predicted molar refractivity (Wildman–Crippen MR) is 111 cm³/mol. The monoisotopic (exact) mass is 378 g/mol. The van der Waals surface area contributed by atoms with Crippen molar-refractivity contribution in [1.29, 1.82) is 0 Å². The molecule has 3 aliphatic rings. The van der Waals surface area contributed by atoms with Gasteiger partial charge in [0.25, 0.3) is 0 Å². The molecule has 0 N–H and O–H groups in total. The molecule has 5 rings (SSSR count). The van der Waals surface area contributed by atoms with E-state index < -0.39 is 0 Å². The molecule has 1 saturated carbocycles. The molecule has 0 radical (unpaired) electrons. The van der Waals surface area contributed by atoms with E-state index in [2.05, 4.69) is 60.3 Å². The van der Waals surface area contributed by atoms with Crippen LogP contribution in [0.1, 0.15) is 59.8 Å². The molecule has 0 saturated heterocycles. The minimum absolute atomic E-state index is 0.645. The lowest BCUT2D eigenvalue weighted by Gasteiger charge is -2.32. The van der Waals surface area contributed by atoms with E-state index in [1.165, 1.54) is 47.9 Å². The van der Waals surface area contributed by atoms with Crippen LogP contribution in [0.5, 0.6) is 11.5 Å². The molecule has 148 valence electrons. The average molecular weight is 379 g/mol. The summed E-state index contributed by atoms with van der Waals surface area (Å²) in [6.07, 6.45) is 5.13. The summed E-state index contributed by atoms with van der Waals surface area (Å²) in [6.45, 7) is 3.35. The van der Waals surface area contributed by atoms with Crippen molar-refractivity contribution in [2.75, 3.05) is 27.6 Å². The maximum absolute atomic E-state index is 5.84. The molecule has 0 aromatic heterocycles. The fourth-order valence-corrected chi connectivity index (χ4v) is 5.06. The second-order valence-corrected chi connectivity index (χ2v) is 8.87. The van der Waals surface area contributed by atoms with Gasteiger partial charge in [-0.15, -0.1) is 0 Å². The maximum Gasteiger partial charge on any atom is 0.142 e. The molecule has 4 heteroatoms. The van der Waals surface area contributed by atoms with Crippen molar-refractivity contribution in [3.05, 3.63) is 58.7 Å². The van der Waals surface area contributed by atoms with Crippen molar-refractivity contribution >= 4 is 0 Å². The fraction of sp³-hybridized carbons (Fsp3) is 0.500. The number of hydrogen-bond donors (Lipinski definition) is 0. The van der Waals surface area contributed by atoms with Crippen LogP contribution in [0.15, 0.2) is 36.4 Å². The lowest BCUT2D eigenvalue weighted by Crippen LogP contribution is -2.28. The third-order valence-corrected chi connectivity index (χ3v) is 6.55. The van der Waals surface area contributed by atoms with Crippen molar-refractivity contribution in [3.63, 3.8) is 0 Å². The van der Waals surface area contributed by atoms with Crippen LogP contribution in [0, 0.1) is 0 Å². The Morgan fingerprint density at radius 2 is 1.25 bits per heavy atom. The summed E-state index contributed by atoms with van der Waals surface area (Å²) in [5, 5.41) is 0. The van der Waals surface area contributed by atoms with Crippen molar-refractivity contribution in [2.45, 2.75) is 50.6 Å². The van der Waals surface area contributed by atoms with Gasteiger partial charge in [0.15, 0.2) is 0 Å². The van der Waals surface area contributed by atoms with E-state index in [1.54, 1.807) is 0 Å². The van der Waals surface area contributed by atoms with Crippen LogP contribution < -0.4 is 9.47 Å². The molecule has 28 heavy (non-hydrogen) atoms. The van der Waals surface area contributed by atoms with Crippen LogP contribution in [0.4, 0.5) is 0 Å². The van der Waals surface area contributed by atoms with Gasteiger partial charge in [-0.2, -0.15) is 0 Å².